The largest absolute Gasteiger partial charge is 0.496 e. The molecule has 0 aliphatic carbocycles. The summed E-state index contributed by atoms with van der Waals surface area (Å²) in [5, 5.41) is 22.4. The van der Waals surface area contributed by atoms with Crippen LogP contribution in [0.4, 0.5) is 11.6 Å². The fraction of sp³-hybridized carbons (Fsp3) is 0.364. The average molecular weight is 424 g/mol. The van der Waals surface area contributed by atoms with Crippen LogP contribution in [0.3, 0.4) is 0 Å². The SMILES string of the molecule is CC.CCNCCCOc1cccc(OC)c1-c1cc(Nc2cnc(C#N)cn2)n[nH]1. The number of hydrogen-bond acceptors (Lipinski definition) is 8. The lowest BCUT2D eigenvalue weighted by atomic mass is 10.1. The zero-order valence-electron chi connectivity index (χ0n) is 18.4. The molecule has 0 aliphatic heterocycles. The summed E-state index contributed by atoms with van der Waals surface area (Å²) in [4.78, 5) is 8.12. The summed E-state index contributed by atoms with van der Waals surface area (Å²) in [5.41, 5.74) is 1.79. The van der Waals surface area contributed by atoms with E-state index < -0.39 is 0 Å². The number of nitriles is 1. The molecule has 9 nitrogen and oxygen atoms in total. The standard InChI is InChI=1S/C20H23N7O2.C2H6/c1-3-22-8-5-9-29-17-7-4-6-16(28-2)20(17)15-10-18(27-26-15)25-19-13-23-14(11-21)12-24-19;1-2/h4,6-7,10,12-13,22H,3,5,8-9H2,1-2H3,(H2,24,25,26,27);1-2H3. The summed E-state index contributed by atoms with van der Waals surface area (Å²) < 4.78 is 11.5. The fourth-order valence-corrected chi connectivity index (χ4v) is 2.72. The van der Waals surface area contributed by atoms with Crippen LogP contribution in [-0.2, 0) is 0 Å². The Balaban J connectivity index is 0.00000166. The van der Waals surface area contributed by atoms with Crippen LogP contribution in [0.25, 0.3) is 11.3 Å². The number of rotatable bonds is 10. The maximum atomic E-state index is 8.81. The lowest BCUT2D eigenvalue weighted by Crippen LogP contribution is -2.16. The van der Waals surface area contributed by atoms with Gasteiger partial charge < -0.3 is 20.1 Å². The fourth-order valence-electron chi connectivity index (χ4n) is 2.72. The molecule has 2 heterocycles. The molecule has 0 atom stereocenters. The molecule has 0 radical (unpaired) electrons. The Bertz CT molecular complexity index is 965. The van der Waals surface area contributed by atoms with Crippen LogP contribution in [0.5, 0.6) is 11.5 Å². The first-order valence-electron chi connectivity index (χ1n) is 10.3. The molecule has 31 heavy (non-hydrogen) atoms. The molecule has 0 fully saturated rings. The summed E-state index contributed by atoms with van der Waals surface area (Å²) in [6, 6.07) is 9.45. The predicted molar refractivity (Wildman–Crippen MR) is 121 cm³/mol. The Morgan fingerprint density at radius 1 is 1.13 bits per heavy atom. The third-order valence-electron chi connectivity index (χ3n) is 4.08. The Labute approximate surface area is 182 Å². The van der Waals surface area contributed by atoms with Crippen molar-refractivity contribution >= 4 is 11.6 Å². The van der Waals surface area contributed by atoms with Gasteiger partial charge in [-0.1, -0.05) is 26.8 Å². The summed E-state index contributed by atoms with van der Waals surface area (Å²) in [6.45, 7) is 8.51. The van der Waals surface area contributed by atoms with Gasteiger partial charge in [-0.2, -0.15) is 10.4 Å². The molecule has 2 aromatic heterocycles. The summed E-state index contributed by atoms with van der Waals surface area (Å²) in [5.74, 6) is 2.45. The molecule has 0 unspecified atom stereocenters. The molecule has 3 rings (SSSR count). The van der Waals surface area contributed by atoms with E-state index in [1.165, 1.54) is 12.4 Å². The van der Waals surface area contributed by atoms with Gasteiger partial charge in [-0.15, -0.1) is 0 Å². The molecule has 0 saturated carbocycles. The van der Waals surface area contributed by atoms with Crippen molar-refractivity contribution < 1.29 is 9.47 Å². The first kappa shape index (κ1) is 23.6. The van der Waals surface area contributed by atoms with Gasteiger partial charge in [-0.3, -0.25) is 5.10 Å². The van der Waals surface area contributed by atoms with Gasteiger partial charge in [0.25, 0.3) is 0 Å². The second kappa shape index (κ2) is 12.8. The van der Waals surface area contributed by atoms with Gasteiger partial charge in [-0.05, 0) is 31.6 Å². The van der Waals surface area contributed by atoms with Crippen molar-refractivity contribution in [2.45, 2.75) is 27.2 Å². The highest BCUT2D eigenvalue weighted by Crippen LogP contribution is 2.38. The van der Waals surface area contributed by atoms with E-state index in [1.54, 1.807) is 7.11 Å². The molecule has 0 aliphatic rings. The van der Waals surface area contributed by atoms with E-state index in [4.69, 9.17) is 14.7 Å². The van der Waals surface area contributed by atoms with E-state index >= 15 is 0 Å². The molecular weight excluding hydrogens is 394 g/mol. The van der Waals surface area contributed by atoms with E-state index in [-0.39, 0.29) is 5.69 Å². The van der Waals surface area contributed by atoms with E-state index in [0.29, 0.717) is 29.7 Å². The van der Waals surface area contributed by atoms with Crippen molar-refractivity contribution in [1.29, 1.82) is 5.26 Å². The van der Waals surface area contributed by atoms with Crippen molar-refractivity contribution in [1.82, 2.24) is 25.5 Å². The second-order valence-electron chi connectivity index (χ2n) is 6.08. The van der Waals surface area contributed by atoms with E-state index in [2.05, 4.69) is 37.7 Å². The van der Waals surface area contributed by atoms with Crippen molar-refractivity contribution in [3.63, 3.8) is 0 Å². The van der Waals surface area contributed by atoms with Crippen molar-refractivity contribution in [3.05, 3.63) is 42.4 Å². The quantitative estimate of drug-likeness (QED) is 0.420. The number of methoxy groups -OCH3 is 1. The number of nitrogens with one attached hydrogen (secondary N) is 3. The number of H-pyrrole nitrogens is 1. The van der Waals surface area contributed by atoms with Crippen LogP contribution in [0, 0.1) is 11.3 Å². The van der Waals surface area contributed by atoms with Gasteiger partial charge in [0.05, 0.1) is 37.4 Å². The first-order chi connectivity index (χ1) is 15.2. The highest BCUT2D eigenvalue weighted by molar-refractivity contribution is 5.76. The van der Waals surface area contributed by atoms with Gasteiger partial charge in [-0.25, -0.2) is 9.97 Å². The van der Waals surface area contributed by atoms with Gasteiger partial charge in [0, 0.05) is 6.07 Å². The zero-order valence-corrected chi connectivity index (χ0v) is 18.4. The van der Waals surface area contributed by atoms with Crippen LogP contribution < -0.4 is 20.1 Å². The zero-order chi connectivity index (χ0) is 22.5. The minimum absolute atomic E-state index is 0.253. The van der Waals surface area contributed by atoms with E-state index in [0.717, 1.165) is 30.8 Å². The van der Waals surface area contributed by atoms with Gasteiger partial charge >= 0.3 is 0 Å². The topological polar surface area (TPSA) is 121 Å². The highest BCUT2D eigenvalue weighted by atomic mass is 16.5. The minimum Gasteiger partial charge on any atom is -0.496 e. The first-order valence-corrected chi connectivity index (χ1v) is 10.3. The predicted octanol–water partition coefficient (Wildman–Crippen LogP) is 3.90. The second-order valence-corrected chi connectivity index (χ2v) is 6.08. The van der Waals surface area contributed by atoms with Crippen molar-refractivity contribution in [3.8, 4) is 28.8 Å². The molecule has 164 valence electrons. The van der Waals surface area contributed by atoms with E-state index in [9.17, 15) is 0 Å². The molecule has 0 bridgehead atoms. The number of nitrogens with zero attached hydrogens (tertiary/aromatic N) is 4. The third-order valence-corrected chi connectivity index (χ3v) is 4.08. The minimum atomic E-state index is 0.253. The van der Waals surface area contributed by atoms with Crippen molar-refractivity contribution in [2.75, 3.05) is 32.1 Å². The maximum Gasteiger partial charge on any atom is 0.158 e. The lowest BCUT2D eigenvalue weighted by molar-refractivity contribution is 0.308. The lowest BCUT2D eigenvalue weighted by Gasteiger charge is -2.14. The summed E-state index contributed by atoms with van der Waals surface area (Å²) in [7, 11) is 1.62. The summed E-state index contributed by atoms with van der Waals surface area (Å²) >= 11 is 0. The van der Waals surface area contributed by atoms with Gasteiger partial charge in [0.15, 0.2) is 11.5 Å². The Hall–Kier alpha value is -3.64. The number of hydrogen-bond donors (Lipinski definition) is 3. The number of aromatic nitrogens is 4. The van der Waals surface area contributed by atoms with Crippen molar-refractivity contribution in [2.24, 2.45) is 0 Å². The van der Waals surface area contributed by atoms with Crippen LogP contribution in [0.2, 0.25) is 0 Å². The maximum absolute atomic E-state index is 8.81. The van der Waals surface area contributed by atoms with Crippen LogP contribution in [-0.4, -0.2) is 47.0 Å². The molecule has 3 aromatic rings. The molecule has 9 heteroatoms. The van der Waals surface area contributed by atoms with Gasteiger partial charge in [0.1, 0.15) is 23.4 Å². The van der Waals surface area contributed by atoms with Gasteiger partial charge in [0.2, 0.25) is 0 Å². The Morgan fingerprint density at radius 2 is 1.94 bits per heavy atom. The monoisotopic (exact) mass is 423 g/mol. The van der Waals surface area contributed by atoms with Crippen LogP contribution in [0.15, 0.2) is 36.7 Å². The average Bonchev–Trinajstić information content (AvgIpc) is 3.28. The van der Waals surface area contributed by atoms with Crippen LogP contribution in [0.1, 0.15) is 32.9 Å². The highest BCUT2D eigenvalue weighted by Gasteiger charge is 2.16. The molecule has 3 N–H and O–H groups in total. The third kappa shape index (κ3) is 6.69. The number of anilines is 2. The van der Waals surface area contributed by atoms with Crippen LogP contribution >= 0.6 is 0 Å². The molecule has 0 saturated heterocycles. The number of aromatic amines is 1. The molecule has 1 aromatic carbocycles. The Morgan fingerprint density at radius 3 is 2.61 bits per heavy atom. The smallest absolute Gasteiger partial charge is 0.158 e. The summed E-state index contributed by atoms with van der Waals surface area (Å²) in [6.07, 6.45) is 3.78. The Kier molecular flexibility index (Phi) is 9.78. The van der Waals surface area contributed by atoms with E-state index in [1.807, 2.05) is 44.2 Å². The number of ether oxygens (including phenoxy) is 2. The normalized spacial score (nSPS) is 9.90. The molecular formula is C22H29N7O2. The number of benzene rings is 1. The molecule has 0 spiro atoms. The molecule has 0 amide bonds.